The molecule has 1 nitrogen and oxygen atoms in total. The van der Waals surface area contributed by atoms with Crippen LogP contribution in [0.3, 0.4) is 0 Å². The topological polar surface area (TPSA) is 12.0 Å². The Morgan fingerprint density at radius 2 is 1.93 bits per heavy atom. The van der Waals surface area contributed by atoms with Crippen LogP contribution in [0.25, 0.3) is 0 Å². The van der Waals surface area contributed by atoms with Crippen LogP contribution >= 0.6 is 0 Å². The van der Waals surface area contributed by atoms with Crippen LogP contribution in [0.5, 0.6) is 0 Å². The number of nitrogens with one attached hydrogen (secondary N) is 1. The van der Waals surface area contributed by atoms with Crippen LogP contribution in [0.1, 0.15) is 24.5 Å². The van der Waals surface area contributed by atoms with E-state index >= 15 is 0 Å². The monoisotopic (exact) mass is 215 g/mol. The van der Waals surface area contributed by atoms with Crippen LogP contribution in [0.2, 0.25) is 0 Å². The van der Waals surface area contributed by atoms with Crippen LogP contribution in [0.4, 0.5) is 18.9 Å². The Morgan fingerprint density at radius 3 is 2.47 bits per heavy atom. The molecule has 0 spiro atoms. The number of hydrogen-bond donors (Lipinski definition) is 1. The lowest BCUT2D eigenvalue weighted by Crippen LogP contribution is -2.07. The maximum absolute atomic E-state index is 12.4. The van der Waals surface area contributed by atoms with Gasteiger partial charge in [0.2, 0.25) is 0 Å². The van der Waals surface area contributed by atoms with E-state index < -0.39 is 11.7 Å². The molecule has 15 heavy (non-hydrogen) atoms. The van der Waals surface area contributed by atoms with Gasteiger partial charge in [-0.1, -0.05) is 6.92 Å². The highest BCUT2D eigenvalue weighted by molar-refractivity contribution is 5.50. The van der Waals surface area contributed by atoms with E-state index in [4.69, 9.17) is 6.92 Å². The highest BCUT2D eigenvalue weighted by atomic mass is 19.4. The van der Waals surface area contributed by atoms with E-state index in [1.165, 1.54) is 6.07 Å². The maximum atomic E-state index is 12.4. The Labute approximate surface area is 87.3 Å². The molecule has 1 aromatic carbocycles. The molecule has 0 bridgehead atoms. The van der Waals surface area contributed by atoms with Crippen LogP contribution in [0.15, 0.2) is 18.2 Å². The first-order valence-electron chi connectivity index (χ1n) is 4.65. The molecule has 82 valence electrons. The van der Waals surface area contributed by atoms with Gasteiger partial charge in [-0.3, -0.25) is 0 Å². The van der Waals surface area contributed by atoms with Gasteiger partial charge in [-0.2, -0.15) is 13.2 Å². The third-order valence-corrected chi connectivity index (χ3v) is 1.86. The molecular formula is C11H12F3N. The molecule has 0 aliphatic rings. The van der Waals surface area contributed by atoms with Crippen LogP contribution < -0.4 is 5.32 Å². The Balaban J connectivity index is 2.95. The van der Waals surface area contributed by atoms with Gasteiger partial charge in [0.1, 0.15) is 0 Å². The predicted molar refractivity (Wildman–Crippen MR) is 53.6 cm³/mol. The van der Waals surface area contributed by atoms with Crippen molar-refractivity contribution in [1.82, 2.24) is 0 Å². The van der Waals surface area contributed by atoms with Crippen LogP contribution in [0, 0.1) is 6.92 Å². The lowest BCUT2D eigenvalue weighted by atomic mass is 10.1. The SMILES string of the molecule is [CH]c1cc(NCCC)cc(C(F)(F)F)c1. The van der Waals surface area contributed by atoms with Crippen molar-refractivity contribution in [2.45, 2.75) is 19.5 Å². The van der Waals surface area contributed by atoms with E-state index in [-0.39, 0.29) is 5.56 Å². The zero-order valence-corrected chi connectivity index (χ0v) is 8.36. The summed E-state index contributed by atoms with van der Waals surface area (Å²) in [4.78, 5) is 0. The van der Waals surface area contributed by atoms with Crippen molar-refractivity contribution in [1.29, 1.82) is 0 Å². The van der Waals surface area contributed by atoms with Gasteiger partial charge < -0.3 is 5.32 Å². The minimum absolute atomic E-state index is 0.114. The first-order valence-corrected chi connectivity index (χ1v) is 4.65. The second-order valence-corrected chi connectivity index (χ2v) is 3.27. The Bertz CT molecular complexity index is 331. The highest BCUT2D eigenvalue weighted by Crippen LogP contribution is 2.31. The average molecular weight is 215 g/mol. The molecule has 0 heterocycles. The van der Waals surface area contributed by atoms with Crippen molar-refractivity contribution in [3.8, 4) is 0 Å². The zero-order valence-electron chi connectivity index (χ0n) is 8.36. The molecule has 0 saturated heterocycles. The third-order valence-electron chi connectivity index (χ3n) is 1.86. The molecule has 1 aromatic rings. The van der Waals surface area contributed by atoms with E-state index in [2.05, 4.69) is 5.32 Å². The van der Waals surface area contributed by atoms with E-state index in [1.807, 2.05) is 6.92 Å². The van der Waals surface area contributed by atoms with Crippen LogP contribution in [-0.2, 0) is 6.18 Å². The Hall–Kier alpha value is -1.19. The van der Waals surface area contributed by atoms with Crippen molar-refractivity contribution in [2.24, 2.45) is 0 Å². The summed E-state index contributed by atoms with van der Waals surface area (Å²) in [5, 5.41) is 2.87. The smallest absolute Gasteiger partial charge is 0.385 e. The summed E-state index contributed by atoms with van der Waals surface area (Å²) < 4.78 is 37.2. The summed E-state index contributed by atoms with van der Waals surface area (Å²) >= 11 is 0. The summed E-state index contributed by atoms with van der Waals surface area (Å²) in [6.07, 6.45) is -3.51. The van der Waals surface area contributed by atoms with Crippen molar-refractivity contribution in [2.75, 3.05) is 11.9 Å². The van der Waals surface area contributed by atoms with E-state index in [0.29, 0.717) is 12.2 Å². The fourth-order valence-corrected chi connectivity index (χ4v) is 1.19. The highest BCUT2D eigenvalue weighted by Gasteiger charge is 2.30. The maximum Gasteiger partial charge on any atom is 0.416 e. The predicted octanol–water partition coefficient (Wildman–Crippen LogP) is 3.59. The van der Waals surface area contributed by atoms with Gasteiger partial charge in [0, 0.05) is 12.2 Å². The number of halogens is 3. The summed E-state index contributed by atoms with van der Waals surface area (Å²) in [5.74, 6) is 0. The first kappa shape index (κ1) is 11.9. The Kier molecular flexibility index (Phi) is 3.61. The minimum Gasteiger partial charge on any atom is -0.385 e. The molecule has 4 heteroatoms. The molecule has 0 aliphatic carbocycles. The average Bonchev–Trinajstić information content (AvgIpc) is 2.12. The molecule has 1 rings (SSSR count). The standard InChI is InChI=1S/C11H12F3N/c1-3-4-15-10-6-8(2)5-9(7-10)11(12,13)14/h2,5-7,15H,3-4H2,1H3. The molecule has 2 radical (unpaired) electrons. The molecule has 0 amide bonds. The van der Waals surface area contributed by atoms with E-state index in [1.54, 1.807) is 0 Å². The van der Waals surface area contributed by atoms with Crippen molar-refractivity contribution in [3.05, 3.63) is 36.2 Å². The Morgan fingerprint density at radius 1 is 1.27 bits per heavy atom. The van der Waals surface area contributed by atoms with Gasteiger partial charge in [-0.25, -0.2) is 0 Å². The largest absolute Gasteiger partial charge is 0.416 e. The van der Waals surface area contributed by atoms with Gasteiger partial charge in [0.05, 0.1) is 5.56 Å². The number of benzene rings is 1. The summed E-state index contributed by atoms with van der Waals surface area (Å²) in [7, 11) is 0. The second-order valence-electron chi connectivity index (χ2n) is 3.27. The van der Waals surface area contributed by atoms with Gasteiger partial charge >= 0.3 is 6.18 Å². The minimum atomic E-state index is -4.35. The van der Waals surface area contributed by atoms with Crippen molar-refractivity contribution >= 4 is 5.69 Å². The zero-order chi connectivity index (χ0) is 11.5. The quantitative estimate of drug-likeness (QED) is 0.812. The molecular weight excluding hydrogens is 203 g/mol. The van der Waals surface area contributed by atoms with Gasteiger partial charge in [-0.05, 0) is 37.1 Å². The molecule has 0 aliphatic heterocycles. The van der Waals surface area contributed by atoms with Gasteiger partial charge in [-0.15, -0.1) is 0 Å². The van der Waals surface area contributed by atoms with E-state index in [0.717, 1.165) is 18.6 Å². The number of anilines is 1. The van der Waals surface area contributed by atoms with Gasteiger partial charge in [0.15, 0.2) is 0 Å². The lowest BCUT2D eigenvalue weighted by Gasteiger charge is -2.11. The molecule has 0 unspecified atom stereocenters. The first-order chi connectivity index (χ1) is 6.93. The number of alkyl halides is 3. The van der Waals surface area contributed by atoms with E-state index in [9.17, 15) is 13.2 Å². The second kappa shape index (κ2) is 4.55. The molecule has 0 aromatic heterocycles. The molecule has 0 atom stereocenters. The molecule has 1 N–H and O–H groups in total. The fraction of sp³-hybridized carbons (Fsp3) is 0.364. The van der Waals surface area contributed by atoms with Crippen LogP contribution in [-0.4, -0.2) is 6.54 Å². The normalized spacial score (nSPS) is 11.5. The molecule has 0 saturated carbocycles. The number of hydrogen-bond acceptors (Lipinski definition) is 1. The lowest BCUT2D eigenvalue weighted by molar-refractivity contribution is -0.137. The van der Waals surface area contributed by atoms with Gasteiger partial charge in [0.25, 0.3) is 0 Å². The summed E-state index contributed by atoms with van der Waals surface area (Å²) in [5.41, 5.74) is -0.200. The van der Waals surface area contributed by atoms with Crippen molar-refractivity contribution < 1.29 is 13.2 Å². The fourth-order valence-electron chi connectivity index (χ4n) is 1.19. The summed E-state index contributed by atoms with van der Waals surface area (Å²) in [6.45, 7) is 7.95. The summed E-state index contributed by atoms with van der Waals surface area (Å²) in [6, 6.07) is 3.48. The van der Waals surface area contributed by atoms with Crippen molar-refractivity contribution in [3.63, 3.8) is 0 Å². The number of rotatable bonds is 3. The molecule has 0 fully saturated rings. The third kappa shape index (κ3) is 3.46.